The number of ketones is 2. The van der Waals surface area contributed by atoms with E-state index in [0.29, 0.717) is 69.4 Å². The monoisotopic (exact) mass is 1190 g/mol. The van der Waals surface area contributed by atoms with Crippen molar-refractivity contribution in [1.82, 2.24) is 30.2 Å². The van der Waals surface area contributed by atoms with Crippen molar-refractivity contribution in [2.45, 2.75) is 174 Å². The van der Waals surface area contributed by atoms with E-state index in [1.807, 2.05) is 100 Å². The van der Waals surface area contributed by atoms with Gasteiger partial charge in [-0.1, -0.05) is 163 Å². The first-order chi connectivity index (χ1) is 42.0. The van der Waals surface area contributed by atoms with Gasteiger partial charge in [0.1, 0.15) is 11.8 Å². The number of amides is 6. The van der Waals surface area contributed by atoms with Crippen LogP contribution in [0.15, 0.2) is 109 Å². The Bertz CT molecular complexity index is 2930. The summed E-state index contributed by atoms with van der Waals surface area (Å²) in [7, 11) is 0. The highest BCUT2D eigenvalue weighted by Gasteiger charge is 2.45. The SMILES string of the molecule is CC[C@@H](C)C(=O)N[C@H](C(=O)N1CC[C@H](O)[C@H]1CN(CCc1ccccc1)C(=O)CCC(=O)c1ccc(-c2ccc(C(=O)NCC(=O)N(CCc3ccccc3)C[C@@H]3[C@@H](O)CCN3C(=O)[C@@H](CC(=O)C(C)C)C3CCCCC3)cc2)cc1)C1CCCCC1. The molecule has 4 aromatic carbocycles. The number of benzene rings is 4. The predicted molar refractivity (Wildman–Crippen MR) is 336 cm³/mol. The number of nitrogens with zero attached hydrogens (tertiary/aromatic N) is 4. The van der Waals surface area contributed by atoms with Crippen LogP contribution in [0.2, 0.25) is 0 Å². The standard InChI is InChI=1S/C71H94N6O10/c1-5-49(4)68(84)73-67(56-24-16-9-17-25-56)71(87)77-43-39-63(80)60(77)46-74(40-36-50-18-10-6-11-19-50)65(82)35-34-61(78)55-30-26-52(27-31-55)53-28-32-57(33-29-53)69(85)72-45-66(83)75(41-37-51-20-12-7-13-21-51)47-59-62(79)38-42-76(59)70(86)58(44-64(81)48(2)3)54-22-14-8-15-23-54/h6-7,10-13,18-21,26-33,48-49,54,56,58-60,62-63,67,79-80H,5,8-9,14-17,22-25,34-47H2,1-4H3,(H,72,85)(H,73,84)/t49-,58+,59-,60-,62+,63+,67+/m1/s1. The number of aliphatic hydroxyl groups is 2. The Hall–Kier alpha value is -7.04. The fourth-order valence-electron chi connectivity index (χ4n) is 13.3. The van der Waals surface area contributed by atoms with Crippen LogP contribution in [-0.2, 0) is 41.6 Å². The second kappa shape index (κ2) is 32.3. The van der Waals surface area contributed by atoms with E-state index in [1.54, 1.807) is 56.0 Å². The molecule has 87 heavy (non-hydrogen) atoms. The maximum Gasteiger partial charge on any atom is 0.251 e. The molecule has 4 aliphatic rings. The second-order valence-corrected chi connectivity index (χ2v) is 25.3. The summed E-state index contributed by atoms with van der Waals surface area (Å²) in [5.41, 5.74) is 4.39. The Kier molecular flexibility index (Phi) is 24.4. The molecule has 468 valence electrons. The molecule has 2 aliphatic heterocycles. The summed E-state index contributed by atoms with van der Waals surface area (Å²) in [5, 5.41) is 28.7. The molecule has 0 spiro atoms. The number of hydrogen-bond donors (Lipinski definition) is 4. The topological polar surface area (TPSA) is 214 Å². The summed E-state index contributed by atoms with van der Waals surface area (Å²) < 4.78 is 0. The van der Waals surface area contributed by atoms with Crippen LogP contribution in [0.3, 0.4) is 0 Å². The zero-order chi connectivity index (χ0) is 62.0. The summed E-state index contributed by atoms with van der Waals surface area (Å²) in [5.74, 6) is -2.55. The number of likely N-dealkylation sites (tertiary alicyclic amines) is 2. The van der Waals surface area contributed by atoms with Gasteiger partial charge in [-0.25, -0.2) is 0 Å². The van der Waals surface area contributed by atoms with Crippen LogP contribution in [0.4, 0.5) is 0 Å². The summed E-state index contributed by atoms with van der Waals surface area (Å²) in [6.45, 7) is 8.65. The quantitative estimate of drug-likeness (QED) is 0.0396. The fraction of sp³-hybridized carbons (Fsp3) is 0.549. The van der Waals surface area contributed by atoms with Gasteiger partial charge in [0, 0.05) is 87.4 Å². The van der Waals surface area contributed by atoms with E-state index in [2.05, 4.69) is 10.6 Å². The lowest BCUT2D eigenvalue weighted by molar-refractivity contribution is -0.144. The van der Waals surface area contributed by atoms with Crippen molar-refractivity contribution in [3.8, 4) is 11.1 Å². The molecule has 2 heterocycles. The number of carbonyl (C=O) groups is 8. The Labute approximate surface area is 515 Å². The second-order valence-electron chi connectivity index (χ2n) is 25.3. The Morgan fingerprint density at radius 3 is 1.55 bits per heavy atom. The van der Waals surface area contributed by atoms with Crippen molar-refractivity contribution in [3.63, 3.8) is 0 Å². The van der Waals surface area contributed by atoms with Gasteiger partial charge in [-0.05, 0) is 104 Å². The lowest BCUT2D eigenvalue weighted by atomic mass is 9.76. The van der Waals surface area contributed by atoms with Crippen molar-refractivity contribution in [2.75, 3.05) is 45.8 Å². The Morgan fingerprint density at radius 2 is 1.05 bits per heavy atom. The number of Topliss-reactive ketones (excluding diaryl/α,β-unsaturated/α-hetero) is 2. The van der Waals surface area contributed by atoms with Gasteiger partial charge in [0.25, 0.3) is 5.91 Å². The first-order valence-electron chi connectivity index (χ1n) is 32.4. The average molecular weight is 1190 g/mol. The van der Waals surface area contributed by atoms with Crippen molar-refractivity contribution >= 4 is 47.0 Å². The third-order valence-corrected chi connectivity index (χ3v) is 19.1. The van der Waals surface area contributed by atoms with Crippen molar-refractivity contribution in [1.29, 1.82) is 0 Å². The van der Waals surface area contributed by atoms with Crippen LogP contribution < -0.4 is 10.6 Å². The van der Waals surface area contributed by atoms with Gasteiger partial charge in [0.2, 0.25) is 29.5 Å². The van der Waals surface area contributed by atoms with E-state index >= 15 is 0 Å². The van der Waals surface area contributed by atoms with E-state index in [0.717, 1.165) is 86.5 Å². The molecule has 16 heteroatoms. The minimum atomic E-state index is -0.869. The number of carbonyl (C=O) groups excluding carboxylic acids is 8. The van der Waals surface area contributed by atoms with Gasteiger partial charge in [0.15, 0.2) is 5.78 Å². The number of nitrogens with one attached hydrogen (secondary N) is 2. The van der Waals surface area contributed by atoms with Gasteiger partial charge in [-0.3, -0.25) is 38.4 Å². The van der Waals surface area contributed by atoms with Gasteiger partial charge >= 0.3 is 0 Å². The zero-order valence-corrected chi connectivity index (χ0v) is 51.8. The van der Waals surface area contributed by atoms with Crippen molar-refractivity contribution in [2.24, 2.45) is 29.6 Å². The lowest BCUT2D eigenvalue weighted by Gasteiger charge is -2.37. The van der Waals surface area contributed by atoms with Gasteiger partial charge in [0.05, 0.1) is 30.8 Å². The average Bonchev–Trinajstić information content (AvgIpc) is 2.82. The lowest BCUT2D eigenvalue weighted by Crippen LogP contribution is -2.57. The maximum atomic E-state index is 14.6. The normalized spacial score (nSPS) is 20.1. The van der Waals surface area contributed by atoms with Gasteiger partial charge < -0.3 is 40.4 Å². The summed E-state index contributed by atoms with van der Waals surface area (Å²) >= 11 is 0. The van der Waals surface area contributed by atoms with E-state index in [1.165, 1.54) is 0 Å². The fourth-order valence-corrected chi connectivity index (χ4v) is 13.3. The third-order valence-electron chi connectivity index (χ3n) is 19.1. The van der Waals surface area contributed by atoms with Crippen LogP contribution in [0.5, 0.6) is 0 Å². The molecule has 4 N–H and O–H groups in total. The van der Waals surface area contributed by atoms with Crippen molar-refractivity contribution < 1.29 is 48.6 Å². The van der Waals surface area contributed by atoms with Gasteiger partial charge in [-0.2, -0.15) is 0 Å². The highest BCUT2D eigenvalue weighted by molar-refractivity contribution is 5.99. The Morgan fingerprint density at radius 1 is 0.563 bits per heavy atom. The largest absolute Gasteiger partial charge is 0.391 e. The molecule has 16 nitrogen and oxygen atoms in total. The first-order valence-corrected chi connectivity index (χ1v) is 32.4. The molecule has 2 saturated carbocycles. The molecule has 2 aliphatic carbocycles. The highest BCUT2D eigenvalue weighted by Crippen LogP contribution is 2.36. The Balaban J connectivity index is 0.877. The smallest absolute Gasteiger partial charge is 0.251 e. The number of rotatable bonds is 28. The molecule has 0 radical (unpaired) electrons. The molecular formula is C71H94N6O10. The molecule has 0 bridgehead atoms. The van der Waals surface area contributed by atoms with Crippen LogP contribution in [-0.4, -0.2) is 153 Å². The van der Waals surface area contributed by atoms with Crippen LogP contribution in [0, 0.1) is 29.6 Å². The van der Waals surface area contributed by atoms with Gasteiger partial charge in [-0.15, -0.1) is 0 Å². The van der Waals surface area contributed by atoms with Crippen molar-refractivity contribution in [3.05, 3.63) is 131 Å². The molecule has 4 aromatic rings. The van der Waals surface area contributed by atoms with Crippen LogP contribution in [0.1, 0.15) is 162 Å². The summed E-state index contributed by atoms with van der Waals surface area (Å²) in [6, 6.07) is 31.5. The van der Waals surface area contributed by atoms with E-state index < -0.39 is 42.2 Å². The molecule has 8 rings (SSSR count). The maximum absolute atomic E-state index is 14.6. The minimum Gasteiger partial charge on any atom is -0.391 e. The molecule has 7 atom stereocenters. The molecule has 6 amide bonds. The van der Waals surface area contributed by atoms with E-state index in [4.69, 9.17) is 0 Å². The molecule has 4 fully saturated rings. The summed E-state index contributed by atoms with van der Waals surface area (Å²) in [6.07, 6.45) is 10.4. The predicted octanol–water partition coefficient (Wildman–Crippen LogP) is 9.04. The molecule has 0 unspecified atom stereocenters. The summed E-state index contributed by atoms with van der Waals surface area (Å²) in [4.78, 5) is 118. The van der Waals surface area contributed by atoms with Crippen LogP contribution >= 0.6 is 0 Å². The van der Waals surface area contributed by atoms with Crippen LogP contribution in [0.25, 0.3) is 11.1 Å². The minimum absolute atomic E-state index is 0.00777. The number of hydrogen-bond acceptors (Lipinski definition) is 10. The highest BCUT2D eigenvalue weighted by atomic mass is 16.3. The first kappa shape index (κ1) is 65.9. The molecular weight excluding hydrogens is 1100 g/mol. The molecule has 2 saturated heterocycles. The van der Waals surface area contributed by atoms with E-state index in [9.17, 15) is 48.6 Å². The number of aliphatic hydroxyl groups excluding tert-OH is 2. The van der Waals surface area contributed by atoms with E-state index in [-0.39, 0.29) is 104 Å². The third kappa shape index (κ3) is 18.1. The molecule has 0 aromatic heterocycles. The zero-order valence-electron chi connectivity index (χ0n) is 51.8.